The first kappa shape index (κ1) is 13.3. The molecule has 0 fully saturated rings. The minimum Gasteiger partial charge on any atom is -0.481 e. The zero-order chi connectivity index (χ0) is 13.7. The largest absolute Gasteiger partial charge is 0.481 e. The van der Waals surface area contributed by atoms with Crippen molar-refractivity contribution in [2.45, 2.75) is 13.0 Å². The maximum Gasteiger partial charge on any atom is 0.304 e. The summed E-state index contributed by atoms with van der Waals surface area (Å²) in [5.41, 5.74) is 2.08. The van der Waals surface area contributed by atoms with E-state index in [1.54, 1.807) is 0 Å². The van der Waals surface area contributed by atoms with Crippen LogP contribution in [0.1, 0.15) is 12.0 Å². The molecule has 0 aliphatic heterocycles. The minimum absolute atomic E-state index is 0.156. The maximum atomic E-state index is 10.5. The van der Waals surface area contributed by atoms with E-state index in [1.165, 1.54) is 0 Å². The van der Waals surface area contributed by atoms with E-state index >= 15 is 0 Å². The van der Waals surface area contributed by atoms with Crippen LogP contribution in [0.5, 0.6) is 0 Å². The zero-order valence-corrected chi connectivity index (χ0v) is 10.9. The van der Waals surface area contributed by atoms with Crippen LogP contribution >= 0.6 is 0 Å². The highest BCUT2D eigenvalue weighted by Crippen LogP contribution is 2.09. The Morgan fingerprint density at radius 1 is 1.37 bits per heavy atom. The lowest BCUT2D eigenvalue weighted by atomic mass is 10.3. The molecule has 0 aliphatic carbocycles. The van der Waals surface area contributed by atoms with E-state index in [9.17, 15) is 4.79 Å². The molecule has 0 spiro atoms. The Morgan fingerprint density at radius 3 is 2.79 bits per heavy atom. The Bertz CT molecular complexity index is 537. The summed E-state index contributed by atoms with van der Waals surface area (Å²) >= 11 is 0. The molecule has 0 unspecified atom stereocenters. The predicted octanol–water partition coefficient (Wildman–Crippen LogP) is 1.78. The average molecular weight is 259 g/mol. The third-order valence-electron chi connectivity index (χ3n) is 2.82. The number of carboxylic acids is 1. The zero-order valence-electron chi connectivity index (χ0n) is 10.9. The highest BCUT2D eigenvalue weighted by Gasteiger charge is 2.06. The lowest BCUT2D eigenvalue weighted by Crippen LogP contribution is -2.21. The fourth-order valence-corrected chi connectivity index (χ4v) is 1.84. The molecule has 1 aromatic heterocycles. The number of carboxylic acid groups (broad SMARTS) is 1. The molecule has 2 aromatic rings. The van der Waals surface area contributed by atoms with Crippen LogP contribution in [0.3, 0.4) is 0 Å². The van der Waals surface area contributed by atoms with Crippen LogP contribution in [0.25, 0.3) is 5.69 Å². The first-order chi connectivity index (χ1) is 9.15. The van der Waals surface area contributed by atoms with E-state index in [-0.39, 0.29) is 6.42 Å². The molecular formula is C14H17N3O2. The van der Waals surface area contributed by atoms with Crippen molar-refractivity contribution in [3.8, 4) is 5.69 Å². The van der Waals surface area contributed by atoms with Crippen LogP contribution in [-0.4, -0.2) is 39.3 Å². The Kier molecular flexibility index (Phi) is 4.30. The first-order valence-corrected chi connectivity index (χ1v) is 6.14. The molecule has 1 N–H and O–H groups in total. The van der Waals surface area contributed by atoms with Gasteiger partial charge in [-0.25, -0.2) is 4.68 Å². The number of hydrogen-bond donors (Lipinski definition) is 1. The van der Waals surface area contributed by atoms with Crippen molar-refractivity contribution in [2.24, 2.45) is 0 Å². The molecule has 1 heterocycles. The highest BCUT2D eigenvalue weighted by atomic mass is 16.4. The summed E-state index contributed by atoms with van der Waals surface area (Å²) in [6.07, 6.45) is 3.93. The number of rotatable bonds is 6. The van der Waals surface area contributed by atoms with Gasteiger partial charge in [0, 0.05) is 24.8 Å². The molecule has 0 atom stereocenters. The molecule has 0 amide bonds. The third-order valence-corrected chi connectivity index (χ3v) is 2.82. The van der Waals surface area contributed by atoms with Gasteiger partial charge in [0.25, 0.3) is 0 Å². The molecule has 19 heavy (non-hydrogen) atoms. The molecule has 100 valence electrons. The fraction of sp³-hybridized carbons (Fsp3) is 0.286. The van der Waals surface area contributed by atoms with Crippen molar-refractivity contribution < 1.29 is 9.90 Å². The van der Waals surface area contributed by atoms with Crippen LogP contribution in [0.4, 0.5) is 0 Å². The van der Waals surface area contributed by atoms with Crippen molar-refractivity contribution in [3.05, 3.63) is 48.3 Å². The second-order valence-electron chi connectivity index (χ2n) is 4.51. The van der Waals surface area contributed by atoms with Crippen LogP contribution in [0.15, 0.2) is 42.7 Å². The summed E-state index contributed by atoms with van der Waals surface area (Å²) in [6.45, 7) is 1.23. The standard InChI is InChI=1S/C14H17N3O2/c1-16(8-7-14(18)19)10-12-9-15-17(11-12)13-5-3-2-4-6-13/h2-6,9,11H,7-8,10H2,1H3,(H,18,19). The summed E-state index contributed by atoms with van der Waals surface area (Å²) < 4.78 is 1.82. The number of aliphatic carboxylic acids is 1. The van der Waals surface area contributed by atoms with Crippen molar-refractivity contribution in [3.63, 3.8) is 0 Å². The number of carbonyl (C=O) groups is 1. The van der Waals surface area contributed by atoms with E-state index in [0.717, 1.165) is 11.3 Å². The van der Waals surface area contributed by atoms with Crippen molar-refractivity contribution >= 4 is 5.97 Å². The summed E-state index contributed by atoms with van der Waals surface area (Å²) in [4.78, 5) is 12.5. The molecule has 1 aromatic carbocycles. The molecule has 2 rings (SSSR count). The van der Waals surface area contributed by atoms with Gasteiger partial charge in [-0.1, -0.05) is 18.2 Å². The van der Waals surface area contributed by atoms with Gasteiger partial charge in [-0.05, 0) is 19.2 Å². The highest BCUT2D eigenvalue weighted by molar-refractivity contribution is 5.66. The number of hydrogen-bond acceptors (Lipinski definition) is 3. The van der Waals surface area contributed by atoms with Crippen LogP contribution in [0.2, 0.25) is 0 Å². The Labute approximate surface area is 112 Å². The molecule has 0 saturated carbocycles. The molecule has 0 saturated heterocycles. The summed E-state index contributed by atoms with van der Waals surface area (Å²) in [5, 5.41) is 12.9. The predicted molar refractivity (Wildman–Crippen MR) is 72.2 cm³/mol. The van der Waals surface area contributed by atoms with E-state index in [1.807, 2.05) is 59.4 Å². The number of aromatic nitrogens is 2. The third kappa shape index (κ3) is 3.93. The number of para-hydroxylation sites is 1. The van der Waals surface area contributed by atoms with E-state index in [4.69, 9.17) is 5.11 Å². The molecule has 5 heteroatoms. The van der Waals surface area contributed by atoms with Crippen LogP contribution < -0.4 is 0 Å². The van der Waals surface area contributed by atoms with Gasteiger partial charge >= 0.3 is 5.97 Å². The first-order valence-electron chi connectivity index (χ1n) is 6.14. The average Bonchev–Trinajstić information content (AvgIpc) is 2.86. The van der Waals surface area contributed by atoms with Gasteiger partial charge in [-0.2, -0.15) is 5.10 Å². The Balaban J connectivity index is 1.96. The molecular weight excluding hydrogens is 242 g/mol. The van der Waals surface area contributed by atoms with Crippen molar-refractivity contribution in [1.29, 1.82) is 0 Å². The summed E-state index contributed by atoms with van der Waals surface area (Å²) in [5.74, 6) is -0.771. The van der Waals surface area contributed by atoms with Gasteiger partial charge in [0.05, 0.1) is 18.3 Å². The number of benzene rings is 1. The van der Waals surface area contributed by atoms with E-state index < -0.39 is 5.97 Å². The van der Waals surface area contributed by atoms with Gasteiger partial charge in [0.15, 0.2) is 0 Å². The van der Waals surface area contributed by atoms with Crippen molar-refractivity contribution in [2.75, 3.05) is 13.6 Å². The Morgan fingerprint density at radius 2 is 2.11 bits per heavy atom. The summed E-state index contributed by atoms with van der Waals surface area (Å²) in [7, 11) is 1.91. The quantitative estimate of drug-likeness (QED) is 0.859. The summed E-state index contributed by atoms with van der Waals surface area (Å²) in [6, 6.07) is 9.88. The smallest absolute Gasteiger partial charge is 0.304 e. The van der Waals surface area contributed by atoms with Gasteiger partial charge in [0.1, 0.15) is 0 Å². The van der Waals surface area contributed by atoms with Gasteiger partial charge < -0.3 is 10.0 Å². The molecule has 0 aliphatic rings. The number of nitrogens with zero attached hydrogens (tertiary/aromatic N) is 3. The lowest BCUT2D eigenvalue weighted by molar-refractivity contribution is -0.137. The maximum absolute atomic E-state index is 10.5. The van der Waals surface area contributed by atoms with Crippen LogP contribution in [-0.2, 0) is 11.3 Å². The van der Waals surface area contributed by atoms with Gasteiger partial charge in [-0.3, -0.25) is 4.79 Å². The normalized spacial score (nSPS) is 10.8. The molecule has 5 nitrogen and oxygen atoms in total. The van der Waals surface area contributed by atoms with Gasteiger partial charge in [0.2, 0.25) is 0 Å². The molecule has 0 radical (unpaired) electrons. The fourth-order valence-electron chi connectivity index (χ4n) is 1.84. The molecule has 0 bridgehead atoms. The lowest BCUT2D eigenvalue weighted by Gasteiger charge is -2.13. The SMILES string of the molecule is CN(CCC(=O)O)Cc1cnn(-c2ccccc2)c1. The second-order valence-corrected chi connectivity index (χ2v) is 4.51. The van der Waals surface area contributed by atoms with Crippen LogP contribution in [0, 0.1) is 0 Å². The van der Waals surface area contributed by atoms with Gasteiger partial charge in [-0.15, -0.1) is 0 Å². The topological polar surface area (TPSA) is 58.4 Å². The minimum atomic E-state index is -0.771. The van der Waals surface area contributed by atoms with Crippen molar-refractivity contribution in [1.82, 2.24) is 14.7 Å². The Hall–Kier alpha value is -2.14. The van der Waals surface area contributed by atoms with E-state index in [0.29, 0.717) is 13.1 Å². The second kappa shape index (κ2) is 6.15. The monoisotopic (exact) mass is 259 g/mol. The van der Waals surface area contributed by atoms with E-state index in [2.05, 4.69) is 5.10 Å².